The Kier molecular flexibility index (Phi) is 7.65. The molecule has 0 radical (unpaired) electrons. The molecule has 3 N–H and O–H groups in total. The lowest BCUT2D eigenvalue weighted by Crippen LogP contribution is -2.34. The summed E-state index contributed by atoms with van der Waals surface area (Å²) in [6.45, 7) is 9.51. The molecule has 2 aromatic heterocycles. The highest BCUT2D eigenvalue weighted by Gasteiger charge is 2.30. The van der Waals surface area contributed by atoms with Crippen molar-refractivity contribution in [2.45, 2.75) is 47.3 Å². The highest BCUT2D eigenvalue weighted by molar-refractivity contribution is 7.14. The Morgan fingerprint density at radius 3 is 2.31 bits per heavy atom. The topological polar surface area (TPSA) is 96.0 Å². The van der Waals surface area contributed by atoms with E-state index in [-0.39, 0.29) is 11.8 Å². The van der Waals surface area contributed by atoms with E-state index in [4.69, 9.17) is 0 Å². The van der Waals surface area contributed by atoms with Gasteiger partial charge in [-0.1, -0.05) is 32.9 Å². The van der Waals surface area contributed by atoms with Gasteiger partial charge in [-0.25, -0.2) is 0 Å². The molecule has 39 heavy (non-hydrogen) atoms. The Hall–Kier alpha value is -3.99. The number of nitrogens with one attached hydrogen (secondary N) is 3. The second-order valence-electron chi connectivity index (χ2n) is 10.2. The smallest absolute Gasteiger partial charge is 0.352 e. The average Bonchev–Trinajstić information content (AvgIpc) is 3.26. The number of anilines is 3. The van der Waals surface area contributed by atoms with Crippen LogP contribution < -0.4 is 16.0 Å². The quantitative estimate of drug-likeness (QED) is 0.238. The monoisotopic (exact) mass is 555 g/mol. The Morgan fingerprint density at radius 1 is 0.974 bits per heavy atom. The molecule has 2 heterocycles. The number of hydrogen-bond acceptors (Lipinski definition) is 6. The van der Waals surface area contributed by atoms with Gasteiger partial charge in [-0.2, -0.15) is 17.5 Å². The zero-order chi connectivity index (χ0) is 28.5. The van der Waals surface area contributed by atoms with E-state index in [9.17, 15) is 22.8 Å². The summed E-state index contributed by atoms with van der Waals surface area (Å²) in [5, 5.41) is 8.88. The van der Waals surface area contributed by atoms with E-state index >= 15 is 0 Å². The second-order valence-corrected chi connectivity index (χ2v) is 11.0. The fraction of sp³-hybridized carbons (Fsp3) is 0.286. The van der Waals surface area contributed by atoms with Gasteiger partial charge in [-0.05, 0) is 72.4 Å². The van der Waals surface area contributed by atoms with Gasteiger partial charge in [0.05, 0.1) is 16.0 Å². The van der Waals surface area contributed by atoms with Crippen molar-refractivity contribution in [1.82, 2.24) is 14.7 Å². The highest BCUT2D eigenvalue weighted by atomic mass is 32.1. The maximum Gasteiger partial charge on any atom is 0.416 e. The minimum atomic E-state index is -4.42. The molecule has 0 atom stereocenters. The van der Waals surface area contributed by atoms with Crippen molar-refractivity contribution in [2.24, 2.45) is 5.41 Å². The van der Waals surface area contributed by atoms with Crippen LogP contribution in [0.5, 0.6) is 0 Å². The summed E-state index contributed by atoms with van der Waals surface area (Å²) in [6, 6.07) is 10.0. The van der Waals surface area contributed by atoms with Crippen LogP contribution in [0.3, 0.4) is 0 Å². The van der Waals surface area contributed by atoms with Gasteiger partial charge in [0.25, 0.3) is 5.91 Å². The molecule has 0 unspecified atom stereocenters. The molecule has 0 aliphatic carbocycles. The highest BCUT2D eigenvalue weighted by Crippen LogP contribution is 2.34. The van der Waals surface area contributed by atoms with Crippen molar-refractivity contribution in [2.75, 3.05) is 10.6 Å². The molecule has 2 aromatic carbocycles. The number of rotatable bonds is 6. The van der Waals surface area contributed by atoms with Gasteiger partial charge in [-0.15, -0.1) is 0 Å². The second kappa shape index (κ2) is 10.6. The minimum absolute atomic E-state index is 0.0847. The standard InChI is InChI=1S/C28H28F3N5O2S/c1-15-6-7-17(14-33-26(38)27(3,4)5)16(2)21(15)25(37)35-20-12-13-32-22-23(20)39-36-24(22)34-19-10-8-18(9-11-19)28(29,30)31/h6-13H,14H2,1-5H3,(H,33,38)(H,34,36)(H,32,35,37). The third-order valence-electron chi connectivity index (χ3n) is 6.21. The number of aryl methyl sites for hydroxylation is 1. The van der Waals surface area contributed by atoms with E-state index < -0.39 is 17.2 Å². The van der Waals surface area contributed by atoms with Crippen LogP contribution in [-0.2, 0) is 17.5 Å². The van der Waals surface area contributed by atoms with Crippen molar-refractivity contribution >= 4 is 50.8 Å². The van der Waals surface area contributed by atoms with Crippen LogP contribution in [0.1, 0.15) is 53.4 Å². The van der Waals surface area contributed by atoms with Gasteiger partial charge in [0.2, 0.25) is 5.91 Å². The predicted octanol–water partition coefficient (Wildman–Crippen LogP) is 6.99. The number of fused-ring (bicyclic) bond motifs is 1. The van der Waals surface area contributed by atoms with E-state index in [1.807, 2.05) is 46.8 Å². The molecular formula is C28H28F3N5O2S. The molecule has 11 heteroatoms. The van der Waals surface area contributed by atoms with Crippen LogP contribution in [-0.4, -0.2) is 21.2 Å². The van der Waals surface area contributed by atoms with Crippen LogP contribution >= 0.6 is 11.5 Å². The number of benzene rings is 2. The summed E-state index contributed by atoms with van der Waals surface area (Å²) >= 11 is 1.11. The molecule has 0 saturated heterocycles. The summed E-state index contributed by atoms with van der Waals surface area (Å²) in [5.74, 6) is -0.0273. The van der Waals surface area contributed by atoms with E-state index in [2.05, 4.69) is 25.3 Å². The van der Waals surface area contributed by atoms with Crippen molar-refractivity contribution in [3.8, 4) is 0 Å². The summed E-state index contributed by atoms with van der Waals surface area (Å²) in [4.78, 5) is 30.1. The van der Waals surface area contributed by atoms with Gasteiger partial charge < -0.3 is 16.0 Å². The lowest BCUT2D eigenvalue weighted by Gasteiger charge is -2.19. The summed E-state index contributed by atoms with van der Waals surface area (Å²) in [6.07, 6.45) is -2.89. The molecule has 2 amide bonds. The molecular weight excluding hydrogens is 527 g/mol. The summed E-state index contributed by atoms with van der Waals surface area (Å²) in [5.41, 5.74) is 3.03. The minimum Gasteiger partial charge on any atom is -0.352 e. The van der Waals surface area contributed by atoms with Gasteiger partial charge in [0.1, 0.15) is 5.52 Å². The molecule has 0 aliphatic heterocycles. The Balaban J connectivity index is 1.56. The zero-order valence-corrected chi connectivity index (χ0v) is 22.9. The number of hydrogen-bond donors (Lipinski definition) is 3. The first kappa shape index (κ1) is 28.0. The Morgan fingerprint density at radius 2 is 1.67 bits per heavy atom. The van der Waals surface area contributed by atoms with Gasteiger partial charge in [0, 0.05) is 29.4 Å². The number of aromatic nitrogens is 2. The summed E-state index contributed by atoms with van der Waals surface area (Å²) in [7, 11) is 0. The van der Waals surface area contributed by atoms with Crippen LogP contribution in [0.4, 0.5) is 30.4 Å². The maximum absolute atomic E-state index is 13.4. The zero-order valence-electron chi connectivity index (χ0n) is 22.1. The average molecular weight is 556 g/mol. The van der Waals surface area contributed by atoms with Crippen LogP contribution in [0.25, 0.3) is 10.2 Å². The molecule has 0 spiro atoms. The number of amides is 2. The van der Waals surface area contributed by atoms with Crippen molar-refractivity contribution in [3.63, 3.8) is 0 Å². The molecule has 7 nitrogen and oxygen atoms in total. The first-order chi connectivity index (χ1) is 18.3. The largest absolute Gasteiger partial charge is 0.416 e. The number of halogens is 3. The lowest BCUT2D eigenvalue weighted by molar-refractivity contribution is -0.137. The third-order valence-corrected chi connectivity index (χ3v) is 7.08. The number of pyridine rings is 1. The maximum atomic E-state index is 13.4. The molecule has 0 fully saturated rings. The molecule has 4 aromatic rings. The van der Waals surface area contributed by atoms with E-state index in [1.54, 1.807) is 6.07 Å². The van der Waals surface area contributed by atoms with Crippen LogP contribution in [0.15, 0.2) is 48.7 Å². The first-order valence-electron chi connectivity index (χ1n) is 12.1. The number of nitrogens with zero attached hydrogens (tertiary/aromatic N) is 2. The van der Waals surface area contributed by atoms with E-state index in [1.165, 1.54) is 18.3 Å². The number of carbonyl (C=O) groups excluding carboxylic acids is 2. The van der Waals surface area contributed by atoms with Crippen LogP contribution in [0.2, 0.25) is 0 Å². The number of alkyl halides is 3. The SMILES string of the molecule is Cc1ccc(CNC(=O)C(C)(C)C)c(C)c1C(=O)Nc1ccnc2c(Nc3ccc(C(F)(F)F)cc3)nsc12. The summed E-state index contributed by atoms with van der Waals surface area (Å²) < 4.78 is 43.6. The third kappa shape index (κ3) is 6.19. The molecule has 0 aliphatic rings. The Bertz CT molecular complexity index is 1540. The molecule has 204 valence electrons. The molecule has 0 bridgehead atoms. The normalized spacial score (nSPS) is 11.9. The van der Waals surface area contributed by atoms with E-state index in [0.717, 1.165) is 40.4 Å². The predicted molar refractivity (Wildman–Crippen MR) is 147 cm³/mol. The fourth-order valence-corrected chi connectivity index (χ4v) is 4.73. The lowest BCUT2D eigenvalue weighted by atomic mass is 9.94. The van der Waals surface area contributed by atoms with Crippen molar-refractivity contribution in [3.05, 3.63) is 76.5 Å². The van der Waals surface area contributed by atoms with Crippen molar-refractivity contribution < 1.29 is 22.8 Å². The van der Waals surface area contributed by atoms with E-state index in [0.29, 0.717) is 39.5 Å². The van der Waals surface area contributed by atoms with Gasteiger partial charge in [-0.3, -0.25) is 14.6 Å². The number of carbonyl (C=O) groups is 2. The first-order valence-corrected chi connectivity index (χ1v) is 12.9. The molecule has 0 saturated carbocycles. The van der Waals surface area contributed by atoms with Crippen LogP contribution in [0, 0.1) is 19.3 Å². The van der Waals surface area contributed by atoms with Gasteiger partial charge >= 0.3 is 6.18 Å². The fourth-order valence-electron chi connectivity index (χ4n) is 3.96. The van der Waals surface area contributed by atoms with Gasteiger partial charge in [0.15, 0.2) is 5.82 Å². The Labute approximate surface area is 228 Å². The molecule has 4 rings (SSSR count). The van der Waals surface area contributed by atoms with Crippen molar-refractivity contribution in [1.29, 1.82) is 0 Å².